The van der Waals surface area contributed by atoms with E-state index in [1.165, 1.54) is 4.90 Å². The first-order chi connectivity index (χ1) is 18.6. The quantitative estimate of drug-likeness (QED) is 0.512. The van der Waals surface area contributed by atoms with Gasteiger partial charge >= 0.3 is 12.2 Å². The highest BCUT2D eigenvalue weighted by Gasteiger charge is 2.49. The number of ether oxygens (including phenoxy) is 4. The Morgan fingerprint density at radius 1 is 0.868 bits per heavy atom. The molecule has 0 saturated carbocycles. The van der Waals surface area contributed by atoms with E-state index in [4.69, 9.17) is 18.9 Å². The first kappa shape index (κ1) is 25.7. The predicted octanol–water partition coefficient (Wildman–Crippen LogP) is 3.78. The summed E-state index contributed by atoms with van der Waals surface area (Å²) in [6.07, 6.45) is -4.49. The number of aliphatic hydroxyl groups excluding tert-OH is 1. The highest BCUT2D eigenvalue weighted by Crippen LogP contribution is 2.35. The average Bonchev–Trinajstić information content (AvgIpc) is 2.97. The van der Waals surface area contributed by atoms with Crippen LogP contribution in [-0.2, 0) is 32.2 Å². The number of nitrogens with zero attached hydrogens (tertiary/aromatic N) is 1. The molecule has 0 aromatic heterocycles. The molecule has 0 bridgehead atoms. The van der Waals surface area contributed by atoms with E-state index in [9.17, 15) is 14.7 Å². The fraction of sp³-hybridized carbons (Fsp3) is 0.310. The zero-order chi connectivity index (χ0) is 26.3. The number of carbonyl (C=O) groups is 2. The number of hydrogen-bond donors (Lipinski definition) is 2. The second kappa shape index (κ2) is 12.1. The van der Waals surface area contributed by atoms with Crippen LogP contribution < -0.4 is 5.32 Å². The fourth-order valence-electron chi connectivity index (χ4n) is 4.60. The van der Waals surface area contributed by atoms with Crippen molar-refractivity contribution in [3.63, 3.8) is 0 Å². The van der Waals surface area contributed by atoms with Gasteiger partial charge in [0.2, 0.25) is 0 Å². The van der Waals surface area contributed by atoms with Crippen LogP contribution in [0.4, 0.5) is 9.59 Å². The van der Waals surface area contributed by atoms with Crippen LogP contribution in [0.15, 0.2) is 91.0 Å². The van der Waals surface area contributed by atoms with Crippen LogP contribution in [0.1, 0.15) is 22.9 Å². The molecule has 2 unspecified atom stereocenters. The van der Waals surface area contributed by atoms with Gasteiger partial charge in [0.1, 0.15) is 31.5 Å². The van der Waals surface area contributed by atoms with Crippen molar-refractivity contribution in [3.8, 4) is 0 Å². The van der Waals surface area contributed by atoms with Crippen molar-refractivity contribution in [2.75, 3.05) is 13.2 Å². The van der Waals surface area contributed by atoms with Crippen molar-refractivity contribution in [1.29, 1.82) is 0 Å². The second-order valence-electron chi connectivity index (χ2n) is 9.23. The van der Waals surface area contributed by atoms with Crippen molar-refractivity contribution in [2.45, 2.75) is 43.8 Å². The lowest BCUT2D eigenvalue weighted by Gasteiger charge is -2.48. The van der Waals surface area contributed by atoms with Crippen LogP contribution >= 0.6 is 0 Å². The summed E-state index contributed by atoms with van der Waals surface area (Å²) in [6, 6.07) is 27.2. The summed E-state index contributed by atoms with van der Waals surface area (Å²) in [5.74, 6) is 0. The summed E-state index contributed by atoms with van der Waals surface area (Å²) < 4.78 is 23.1. The number of nitrogens with one attached hydrogen (secondary N) is 1. The molecule has 3 aromatic rings. The van der Waals surface area contributed by atoms with Crippen molar-refractivity contribution in [1.82, 2.24) is 10.2 Å². The van der Waals surface area contributed by atoms with Gasteiger partial charge in [-0.15, -0.1) is 0 Å². The maximum atomic E-state index is 13.1. The predicted molar refractivity (Wildman–Crippen MR) is 137 cm³/mol. The first-order valence-corrected chi connectivity index (χ1v) is 12.5. The Bertz CT molecular complexity index is 1190. The monoisotopic (exact) mass is 518 g/mol. The minimum absolute atomic E-state index is 0.0367. The molecule has 2 aliphatic rings. The molecule has 2 fully saturated rings. The molecule has 198 valence electrons. The largest absolute Gasteiger partial charge is 0.445 e. The summed E-state index contributed by atoms with van der Waals surface area (Å²) >= 11 is 0. The van der Waals surface area contributed by atoms with E-state index in [2.05, 4.69) is 5.32 Å². The SMILES string of the molecule is O=C(N[C@H]1COC2CN(C(=O)OCc3ccccc3)C(c3ccccc3)O[C@H]2[C@@H]1O)OCc1ccccc1. The van der Waals surface area contributed by atoms with Gasteiger partial charge in [0, 0.05) is 5.56 Å². The number of aliphatic hydroxyl groups is 1. The van der Waals surface area contributed by atoms with Gasteiger partial charge in [-0.2, -0.15) is 0 Å². The Kier molecular flexibility index (Phi) is 8.18. The zero-order valence-corrected chi connectivity index (χ0v) is 20.7. The molecule has 38 heavy (non-hydrogen) atoms. The number of carbonyl (C=O) groups excluding carboxylic acids is 2. The molecule has 2 N–H and O–H groups in total. The van der Waals surface area contributed by atoms with E-state index in [1.807, 2.05) is 91.0 Å². The van der Waals surface area contributed by atoms with E-state index in [1.54, 1.807) is 0 Å². The van der Waals surface area contributed by atoms with Crippen LogP contribution in [0, 0.1) is 0 Å². The van der Waals surface area contributed by atoms with Crippen LogP contribution in [0.3, 0.4) is 0 Å². The van der Waals surface area contributed by atoms with E-state index in [0.717, 1.165) is 16.7 Å². The minimum Gasteiger partial charge on any atom is -0.445 e. The van der Waals surface area contributed by atoms with Crippen molar-refractivity contribution in [2.24, 2.45) is 0 Å². The summed E-state index contributed by atoms with van der Waals surface area (Å²) in [4.78, 5) is 27.0. The molecule has 0 radical (unpaired) electrons. The molecule has 3 aromatic carbocycles. The van der Waals surface area contributed by atoms with Crippen LogP contribution in [-0.4, -0.2) is 59.7 Å². The molecular formula is C29H30N2O7. The maximum Gasteiger partial charge on any atom is 0.412 e. The molecule has 5 atom stereocenters. The summed E-state index contributed by atoms with van der Waals surface area (Å²) in [6.45, 7) is 0.413. The molecule has 2 heterocycles. The Labute approximate surface area is 220 Å². The Hall–Kier alpha value is -3.92. The van der Waals surface area contributed by atoms with Crippen molar-refractivity contribution < 1.29 is 33.6 Å². The normalized spacial score (nSPS) is 24.7. The molecule has 0 aliphatic carbocycles. The van der Waals surface area contributed by atoms with Gasteiger partial charge in [0.05, 0.1) is 19.2 Å². The highest BCUT2D eigenvalue weighted by atomic mass is 16.6. The van der Waals surface area contributed by atoms with Gasteiger partial charge < -0.3 is 29.4 Å². The Balaban J connectivity index is 1.24. The molecular weight excluding hydrogens is 488 g/mol. The third kappa shape index (κ3) is 6.13. The van der Waals surface area contributed by atoms with Crippen molar-refractivity contribution >= 4 is 12.2 Å². The van der Waals surface area contributed by atoms with E-state index >= 15 is 0 Å². The molecule has 9 heteroatoms. The average molecular weight is 519 g/mol. The zero-order valence-electron chi connectivity index (χ0n) is 20.7. The Morgan fingerprint density at radius 3 is 2.08 bits per heavy atom. The van der Waals surface area contributed by atoms with E-state index in [0.29, 0.717) is 0 Å². The van der Waals surface area contributed by atoms with Gasteiger partial charge in [-0.1, -0.05) is 91.0 Å². The highest BCUT2D eigenvalue weighted by molar-refractivity contribution is 5.69. The molecule has 2 amide bonds. The van der Waals surface area contributed by atoms with Crippen molar-refractivity contribution in [3.05, 3.63) is 108 Å². The van der Waals surface area contributed by atoms with Gasteiger partial charge in [-0.3, -0.25) is 4.90 Å². The topological polar surface area (TPSA) is 107 Å². The minimum atomic E-state index is -1.08. The number of amides is 2. The lowest BCUT2D eigenvalue weighted by Crippen LogP contribution is -2.65. The van der Waals surface area contributed by atoms with Gasteiger partial charge in [0.25, 0.3) is 0 Å². The second-order valence-corrected chi connectivity index (χ2v) is 9.23. The van der Waals surface area contributed by atoms with Crippen LogP contribution in [0.25, 0.3) is 0 Å². The van der Waals surface area contributed by atoms with E-state index < -0.39 is 42.8 Å². The standard InChI is InChI=1S/C29H30N2O7/c32-25-23(30-28(33)36-17-20-10-4-1-5-11-20)19-35-24-16-31(29(34)37-18-21-12-6-2-7-13-21)27(38-26(24)25)22-14-8-3-9-15-22/h1-15,23-27,32H,16-19H2,(H,30,33)/t23-,24?,25+,26+,27?/m0/s1. The lowest BCUT2D eigenvalue weighted by atomic mass is 9.95. The third-order valence-corrected chi connectivity index (χ3v) is 6.59. The summed E-state index contributed by atoms with van der Waals surface area (Å²) in [5, 5.41) is 13.8. The van der Waals surface area contributed by atoms with Gasteiger partial charge in [0.15, 0.2) is 6.23 Å². The molecule has 9 nitrogen and oxygen atoms in total. The summed E-state index contributed by atoms with van der Waals surface area (Å²) in [7, 11) is 0. The number of benzene rings is 3. The molecule has 0 spiro atoms. The summed E-state index contributed by atoms with van der Waals surface area (Å²) in [5.41, 5.74) is 2.45. The number of fused-ring (bicyclic) bond motifs is 1. The Morgan fingerprint density at radius 2 is 1.45 bits per heavy atom. The molecule has 2 saturated heterocycles. The maximum absolute atomic E-state index is 13.1. The van der Waals surface area contributed by atoms with Gasteiger partial charge in [-0.25, -0.2) is 9.59 Å². The van der Waals surface area contributed by atoms with Crippen LogP contribution in [0.2, 0.25) is 0 Å². The molecule has 5 rings (SSSR count). The first-order valence-electron chi connectivity index (χ1n) is 12.5. The lowest BCUT2D eigenvalue weighted by molar-refractivity contribution is -0.249. The number of rotatable bonds is 6. The van der Waals surface area contributed by atoms with E-state index in [-0.39, 0.29) is 26.4 Å². The smallest absolute Gasteiger partial charge is 0.412 e. The van der Waals surface area contributed by atoms with Crippen LogP contribution in [0.5, 0.6) is 0 Å². The number of hydrogen-bond acceptors (Lipinski definition) is 7. The van der Waals surface area contributed by atoms with Gasteiger partial charge in [-0.05, 0) is 11.1 Å². The number of alkyl carbamates (subject to hydrolysis) is 1. The third-order valence-electron chi connectivity index (χ3n) is 6.59. The fourth-order valence-corrected chi connectivity index (χ4v) is 4.60. The molecule has 2 aliphatic heterocycles.